The van der Waals surface area contributed by atoms with Crippen LogP contribution in [-0.2, 0) is 0 Å². The average Bonchev–Trinajstić information content (AvgIpc) is 3.02. The summed E-state index contributed by atoms with van der Waals surface area (Å²) < 4.78 is 5.12. The van der Waals surface area contributed by atoms with Crippen molar-refractivity contribution in [3.8, 4) is 0 Å². The Morgan fingerprint density at radius 1 is 0.737 bits per heavy atom. The van der Waals surface area contributed by atoms with Crippen LogP contribution in [0.5, 0.6) is 0 Å². The van der Waals surface area contributed by atoms with Gasteiger partial charge in [0.25, 0.3) is 0 Å². The van der Waals surface area contributed by atoms with E-state index in [1.54, 1.807) is 6.26 Å². The Hall–Kier alpha value is -1.24. The predicted octanol–water partition coefficient (Wildman–Crippen LogP) is 7.32. The first kappa shape index (κ1) is 22.9. The van der Waals surface area contributed by atoms with Crippen LogP contribution in [-0.4, -0.2) is 0 Å². The summed E-state index contributed by atoms with van der Waals surface area (Å²) in [6.07, 6.45) is 4.34. The van der Waals surface area contributed by atoms with Gasteiger partial charge in [-0.1, -0.05) is 86.4 Å². The van der Waals surface area contributed by atoms with Gasteiger partial charge in [0.05, 0.1) is 6.26 Å². The molecule has 0 aliphatic rings. The number of para-hydroxylation sites is 1. The Morgan fingerprint density at radius 2 is 1.21 bits per heavy atom. The van der Waals surface area contributed by atoms with E-state index in [1.807, 2.05) is 71.9 Å². The highest BCUT2D eigenvalue weighted by molar-refractivity contribution is 5.76. The number of hydrogen-bond donors (Lipinski definition) is 0. The first-order valence-corrected chi connectivity index (χ1v) is 7.80. The van der Waals surface area contributed by atoms with Crippen LogP contribution in [0.4, 0.5) is 0 Å². The number of benzene rings is 1. The highest BCUT2D eigenvalue weighted by atomic mass is 16.3. The lowest BCUT2D eigenvalue weighted by molar-refractivity contribution is 0.616. The minimum absolute atomic E-state index is 0.956. The van der Waals surface area contributed by atoms with Crippen LogP contribution >= 0.6 is 0 Å². The summed E-state index contributed by atoms with van der Waals surface area (Å²) in [6, 6.07) is 9.90. The maximum atomic E-state index is 5.12. The summed E-state index contributed by atoms with van der Waals surface area (Å²) in [5.41, 5.74) is 0.956. The molecule has 19 heavy (non-hydrogen) atoms. The Labute approximate surface area is 121 Å². The van der Waals surface area contributed by atoms with Crippen molar-refractivity contribution < 1.29 is 4.42 Å². The molecule has 0 radical (unpaired) electrons. The molecular weight excluding hydrogens is 232 g/mol. The zero-order valence-corrected chi connectivity index (χ0v) is 14.3. The third kappa shape index (κ3) is 13.0. The van der Waals surface area contributed by atoms with Crippen molar-refractivity contribution in [3.05, 3.63) is 36.6 Å². The summed E-state index contributed by atoms with van der Waals surface area (Å²) in [5.74, 6) is 0. The van der Waals surface area contributed by atoms with Gasteiger partial charge < -0.3 is 4.42 Å². The normalized spacial score (nSPS) is 7.37. The maximum Gasteiger partial charge on any atom is 0.133 e. The average molecular weight is 266 g/mol. The molecule has 0 fully saturated rings. The molecule has 1 heterocycles. The van der Waals surface area contributed by atoms with Crippen molar-refractivity contribution in [2.45, 2.75) is 68.2 Å². The lowest BCUT2D eigenvalue weighted by Crippen LogP contribution is -1.57. The van der Waals surface area contributed by atoms with E-state index in [0.717, 1.165) is 11.0 Å². The van der Waals surface area contributed by atoms with E-state index in [2.05, 4.69) is 13.8 Å². The summed E-state index contributed by atoms with van der Waals surface area (Å²) in [4.78, 5) is 0. The summed E-state index contributed by atoms with van der Waals surface area (Å²) in [5, 5.41) is 1.16. The summed E-state index contributed by atoms with van der Waals surface area (Å²) in [6.45, 7) is 16.4. The molecule has 1 heteroatoms. The van der Waals surface area contributed by atoms with Gasteiger partial charge in [-0.25, -0.2) is 0 Å². The lowest BCUT2D eigenvalue weighted by Gasteiger charge is -1.81. The monoisotopic (exact) mass is 266 g/mol. The van der Waals surface area contributed by atoms with Crippen molar-refractivity contribution in [2.24, 2.45) is 0 Å². The lowest BCUT2D eigenvalue weighted by atomic mass is 10.3. The summed E-state index contributed by atoms with van der Waals surface area (Å²) >= 11 is 0. The highest BCUT2D eigenvalue weighted by Gasteiger charge is 1.89. The second kappa shape index (κ2) is 22.0. The molecule has 0 bridgehead atoms. The van der Waals surface area contributed by atoms with Crippen LogP contribution in [0.2, 0.25) is 0 Å². The Bertz CT molecular complexity index is 304. The standard InChI is InChI=1S/C8H6O.C4H10.3C2H6/c1-2-4-8-7(3-1)5-6-9-8;1-3-4-2;3*1-2/h1-6H;3-4H2,1-2H3;3*1-2H3. The van der Waals surface area contributed by atoms with Crippen LogP contribution < -0.4 is 0 Å². The Kier molecular flexibility index (Phi) is 26.5. The number of fused-ring (bicyclic) bond motifs is 1. The number of furan rings is 1. The van der Waals surface area contributed by atoms with Crippen LogP contribution in [0.3, 0.4) is 0 Å². The molecule has 0 saturated carbocycles. The van der Waals surface area contributed by atoms with Gasteiger partial charge >= 0.3 is 0 Å². The fraction of sp³-hybridized carbons (Fsp3) is 0.556. The van der Waals surface area contributed by atoms with Gasteiger partial charge in [-0.3, -0.25) is 0 Å². The molecule has 0 spiro atoms. The van der Waals surface area contributed by atoms with Crippen LogP contribution in [0.15, 0.2) is 41.0 Å². The molecule has 2 rings (SSSR count). The van der Waals surface area contributed by atoms with Crippen LogP contribution in [0.25, 0.3) is 11.0 Å². The minimum Gasteiger partial charge on any atom is -0.464 e. The molecule has 1 nitrogen and oxygen atoms in total. The van der Waals surface area contributed by atoms with Crippen molar-refractivity contribution in [3.63, 3.8) is 0 Å². The molecule has 112 valence electrons. The molecule has 0 N–H and O–H groups in total. The Balaban J connectivity index is -0.000000220. The van der Waals surface area contributed by atoms with E-state index < -0.39 is 0 Å². The molecule has 0 amide bonds. The third-order valence-electron chi connectivity index (χ3n) is 1.86. The molecule has 0 atom stereocenters. The van der Waals surface area contributed by atoms with Gasteiger partial charge in [0, 0.05) is 5.39 Å². The number of hydrogen-bond acceptors (Lipinski definition) is 1. The Morgan fingerprint density at radius 3 is 1.63 bits per heavy atom. The van der Waals surface area contributed by atoms with Crippen molar-refractivity contribution in [2.75, 3.05) is 0 Å². The zero-order chi connectivity index (χ0) is 15.5. The molecule has 0 unspecified atom stereocenters. The largest absolute Gasteiger partial charge is 0.464 e. The summed E-state index contributed by atoms with van der Waals surface area (Å²) in [7, 11) is 0. The van der Waals surface area contributed by atoms with Gasteiger partial charge in [0.2, 0.25) is 0 Å². The highest BCUT2D eigenvalue weighted by Crippen LogP contribution is 2.12. The molecule has 0 aliphatic carbocycles. The van der Waals surface area contributed by atoms with Crippen LogP contribution in [0.1, 0.15) is 68.2 Å². The van der Waals surface area contributed by atoms with Gasteiger partial charge in [-0.2, -0.15) is 0 Å². The zero-order valence-electron chi connectivity index (χ0n) is 14.3. The number of rotatable bonds is 1. The van der Waals surface area contributed by atoms with E-state index in [4.69, 9.17) is 4.42 Å². The van der Waals surface area contributed by atoms with Gasteiger partial charge in [-0.15, -0.1) is 0 Å². The van der Waals surface area contributed by atoms with E-state index in [9.17, 15) is 0 Å². The maximum absolute atomic E-state index is 5.12. The second-order valence-electron chi connectivity index (χ2n) is 2.96. The predicted molar refractivity (Wildman–Crippen MR) is 90.8 cm³/mol. The molecule has 1 aromatic carbocycles. The van der Waals surface area contributed by atoms with E-state index >= 15 is 0 Å². The van der Waals surface area contributed by atoms with Gasteiger partial charge in [0.15, 0.2) is 0 Å². The smallest absolute Gasteiger partial charge is 0.133 e. The second-order valence-corrected chi connectivity index (χ2v) is 2.96. The van der Waals surface area contributed by atoms with Gasteiger partial charge in [0.1, 0.15) is 5.58 Å². The fourth-order valence-corrected chi connectivity index (χ4v) is 0.906. The third-order valence-corrected chi connectivity index (χ3v) is 1.86. The quantitative estimate of drug-likeness (QED) is 0.527. The van der Waals surface area contributed by atoms with E-state index in [1.165, 1.54) is 12.8 Å². The fourth-order valence-electron chi connectivity index (χ4n) is 0.906. The van der Waals surface area contributed by atoms with E-state index in [0.29, 0.717) is 0 Å². The van der Waals surface area contributed by atoms with Crippen molar-refractivity contribution in [1.82, 2.24) is 0 Å². The van der Waals surface area contributed by atoms with Crippen molar-refractivity contribution in [1.29, 1.82) is 0 Å². The first-order valence-electron chi connectivity index (χ1n) is 7.80. The first-order chi connectivity index (χ1) is 9.38. The topological polar surface area (TPSA) is 13.1 Å². The molecule has 0 aliphatic heterocycles. The number of unbranched alkanes of at least 4 members (excludes halogenated alkanes) is 1. The molecular formula is C18H34O. The minimum atomic E-state index is 0.956. The molecule has 2 aromatic rings. The SMILES string of the molecule is CC.CC.CC.CCCC.c1ccc2occc2c1. The van der Waals surface area contributed by atoms with Gasteiger partial charge in [-0.05, 0) is 12.1 Å². The molecule has 0 saturated heterocycles. The van der Waals surface area contributed by atoms with E-state index in [-0.39, 0.29) is 0 Å². The molecule has 1 aromatic heterocycles. The van der Waals surface area contributed by atoms with Crippen molar-refractivity contribution >= 4 is 11.0 Å². The van der Waals surface area contributed by atoms with Crippen LogP contribution in [0, 0.1) is 0 Å².